The van der Waals surface area contributed by atoms with Gasteiger partial charge in [0.25, 0.3) is 5.91 Å². The van der Waals surface area contributed by atoms with Gasteiger partial charge in [0.15, 0.2) is 0 Å². The molecule has 2 aromatic carbocycles. The zero-order valence-electron chi connectivity index (χ0n) is 16.1. The predicted molar refractivity (Wildman–Crippen MR) is 109 cm³/mol. The minimum atomic E-state index is -0.310. The highest BCUT2D eigenvalue weighted by molar-refractivity contribution is 5.92. The molecule has 0 aliphatic carbocycles. The molecule has 2 heterocycles. The average Bonchev–Trinajstić information content (AvgIpc) is 3.39. The standard InChI is InChI=1S/C23H23N3O3/c27-22-13-18(16-26(22)12-11-17-7-3-1-4-8-17)15-24-23(28)21-14-20(25-29-21)19-9-5-2-6-10-19/h1-10,14,18H,11-13,15-16H2,(H,24,28). The van der Waals surface area contributed by atoms with Crippen molar-refractivity contribution in [1.82, 2.24) is 15.4 Å². The van der Waals surface area contributed by atoms with Gasteiger partial charge in [0.2, 0.25) is 11.7 Å². The van der Waals surface area contributed by atoms with Crippen LogP contribution in [0.25, 0.3) is 11.3 Å². The zero-order chi connectivity index (χ0) is 20.1. The number of rotatable bonds is 7. The Labute approximate surface area is 169 Å². The highest BCUT2D eigenvalue weighted by Crippen LogP contribution is 2.20. The van der Waals surface area contributed by atoms with Gasteiger partial charge >= 0.3 is 0 Å². The molecule has 1 saturated heterocycles. The molecule has 1 aromatic heterocycles. The normalized spacial score (nSPS) is 16.2. The second kappa shape index (κ2) is 8.73. The van der Waals surface area contributed by atoms with Gasteiger partial charge in [0, 0.05) is 43.6 Å². The number of nitrogens with zero attached hydrogens (tertiary/aromatic N) is 2. The van der Waals surface area contributed by atoms with Crippen molar-refractivity contribution in [3.05, 3.63) is 78.1 Å². The van der Waals surface area contributed by atoms with Crippen LogP contribution in [-0.2, 0) is 11.2 Å². The van der Waals surface area contributed by atoms with Gasteiger partial charge in [-0.3, -0.25) is 9.59 Å². The van der Waals surface area contributed by atoms with Gasteiger partial charge < -0.3 is 14.7 Å². The molecule has 1 aliphatic rings. The van der Waals surface area contributed by atoms with E-state index in [0.29, 0.717) is 31.7 Å². The Bertz CT molecular complexity index is 969. The molecule has 0 bridgehead atoms. The Balaban J connectivity index is 1.27. The zero-order valence-corrected chi connectivity index (χ0v) is 16.1. The molecule has 1 unspecified atom stereocenters. The lowest BCUT2D eigenvalue weighted by Crippen LogP contribution is -2.31. The van der Waals surface area contributed by atoms with Gasteiger partial charge in [-0.2, -0.15) is 0 Å². The summed E-state index contributed by atoms with van der Waals surface area (Å²) in [5, 5.41) is 6.84. The fourth-order valence-electron chi connectivity index (χ4n) is 3.57. The third-order valence-electron chi connectivity index (χ3n) is 5.16. The summed E-state index contributed by atoms with van der Waals surface area (Å²) in [6.45, 7) is 1.81. The molecule has 29 heavy (non-hydrogen) atoms. The summed E-state index contributed by atoms with van der Waals surface area (Å²) in [4.78, 5) is 26.5. The van der Waals surface area contributed by atoms with Gasteiger partial charge in [-0.25, -0.2) is 0 Å². The summed E-state index contributed by atoms with van der Waals surface area (Å²) in [5.41, 5.74) is 2.74. The Kier molecular flexibility index (Phi) is 5.70. The van der Waals surface area contributed by atoms with Gasteiger partial charge in [0.05, 0.1) is 0 Å². The smallest absolute Gasteiger partial charge is 0.289 e. The van der Waals surface area contributed by atoms with E-state index in [1.165, 1.54) is 5.56 Å². The highest BCUT2D eigenvalue weighted by Gasteiger charge is 2.29. The van der Waals surface area contributed by atoms with E-state index < -0.39 is 0 Å². The number of benzene rings is 2. The molecule has 1 aliphatic heterocycles. The van der Waals surface area contributed by atoms with Crippen LogP contribution in [0.5, 0.6) is 0 Å². The Morgan fingerprint density at radius 2 is 1.83 bits per heavy atom. The Hall–Kier alpha value is -3.41. The summed E-state index contributed by atoms with van der Waals surface area (Å²) >= 11 is 0. The number of amides is 2. The molecule has 1 fully saturated rings. The van der Waals surface area contributed by atoms with Crippen LogP contribution < -0.4 is 5.32 Å². The van der Waals surface area contributed by atoms with Crippen molar-refractivity contribution in [2.24, 2.45) is 5.92 Å². The maximum atomic E-state index is 12.4. The van der Waals surface area contributed by atoms with Gasteiger partial charge in [0.1, 0.15) is 5.69 Å². The number of likely N-dealkylation sites (tertiary alicyclic amines) is 1. The van der Waals surface area contributed by atoms with Gasteiger partial charge in [-0.05, 0) is 12.0 Å². The molecular formula is C23H23N3O3. The van der Waals surface area contributed by atoms with E-state index in [-0.39, 0.29) is 23.5 Å². The molecule has 0 saturated carbocycles. The number of nitrogens with one attached hydrogen (secondary N) is 1. The number of carbonyl (C=O) groups excluding carboxylic acids is 2. The van der Waals surface area contributed by atoms with Crippen molar-refractivity contribution < 1.29 is 14.1 Å². The molecule has 1 atom stereocenters. The molecule has 6 heteroatoms. The summed E-state index contributed by atoms with van der Waals surface area (Å²) in [7, 11) is 0. The third kappa shape index (κ3) is 4.71. The molecule has 0 spiro atoms. The second-order valence-corrected chi connectivity index (χ2v) is 7.30. The van der Waals surface area contributed by atoms with Crippen LogP contribution in [0.1, 0.15) is 22.5 Å². The molecular weight excluding hydrogens is 366 g/mol. The molecule has 0 radical (unpaired) electrons. The van der Waals surface area contributed by atoms with E-state index in [9.17, 15) is 9.59 Å². The predicted octanol–water partition coefficient (Wildman–Crippen LogP) is 3.16. The molecule has 148 valence electrons. The average molecular weight is 389 g/mol. The van der Waals surface area contributed by atoms with Crippen LogP contribution >= 0.6 is 0 Å². The Morgan fingerprint density at radius 3 is 2.59 bits per heavy atom. The monoisotopic (exact) mass is 389 g/mol. The minimum absolute atomic E-state index is 0.110. The number of aromatic nitrogens is 1. The van der Waals surface area contributed by atoms with E-state index in [2.05, 4.69) is 22.6 Å². The van der Waals surface area contributed by atoms with E-state index >= 15 is 0 Å². The molecule has 2 amide bonds. The Morgan fingerprint density at radius 1 is 1.10 bits per heavy atom. The van der Waals surface area contributed by atoms with Crippen LogP contribution in [0.4, 0.5) is 0 Å². The first-order valence-corrected chi connectivity index (χ1v) is 9.81. The lowest BCUT2D eigenvalue weighted by Gasteiger charge is -2.16. The van der Waals surface area contributed by atoms with E-state index in [1.54, 1.807) is 6.07 Å². The topological polar surface area (TPSA) is 75.4 Å². The minimum Gasteiger partial charge on any atom is -0.350 e. The first-order valence-electron chi connectivity index (χ1n) is 9.81. The molecule has 3 aromatic rings. The maximum Gasteiger partial charge on any atom is 0.289 e. The van der Waals surface area contributed by atoms with Crippen molar-refractivity contribution in [2.75, 3.05) is 19.6 Å². The third-order valence-corrected chi connectivity index (χ3v) is 5.16. The van der Waals surface area contributed by atoms with Crippen molar-refractivity contribution in [3.8, 4) is 11.3 Å². The summed E-state index contributed by atoms with van der Waals surface area (Å²) in [5.74, 6) is 0.119. The van der Waals surface area contributed by atoms with Crippen LogP contribution in [0, 0.1) is 5.92 Å². The van der Waals surface area contributed by atoms with Gasteiger partial charge in [-0.15, -0.1) is 0 Å². The van der Waals surface area contributed by atoms with Crippen molar-refractivity contribution >= 4 is 11.8 Å². The van der Waals surface area contributed by atoms with Gasteiger partial charge in [-0.1, -0.05) is 65.8 Å². The number of hydrogen-bond acceptors (Lipinski definition) is 4. The maximum absolute atomic E-state index is 12.4. The molecule has 1 N–H and O–H groups in total. The fraction of sp³-hybridized carbons (Fsp3) is 0.261. The quantitative estimate of drug-likeness (QED) is 0.674. The SMILES string of the molecule is O=C(NCC1CC(=O)N(CCc2ccccc2)C1)c1cc(-c2ccccc2)no1. The largest absolute Gasteiger partial charge is 0.350 e. The van der Waals surface area contributed by atoms with E-state index in [0.717, 1.165) is 12.0 Å². The summed E-state index contributed by atoms with van der Waals surface area (Å²) in [6.07, 6.45) is 1.30. The van der Waals surface area contributed by atoms with Crippen LogP contribution in [0.15, 0.2) is 71.3 Å². The first kappa shape index (κ1) is 18.9. The number of carbonyl (C=O) groups is 2. The van der Waals surface area contributed by atoms with Crippen molar-refractivity contribution in [2.45, 2.75) is 12.8 Å². The van der Waals surface area contributed by atoms with E-state index in [1.807, 2.05) is 53.4 Å². The summed E-state index contributed by atoms with van der Waals surface area (Å²) < 4.78 is 5.19. The van der Waals surface area contributed by atoms with Crippen LogP contribution in [0.3, 0.4) is 0 Å². The molecule has 6 nitrogen and oxygen atoms in total. The fourth-order valence-corrected chi connectivity index (χ4v) is 3.57. The van der Waals surface area contributed by atoms with Crippen LogP contribution in [-0.4, -0.2) is 41.5 Å². The highest BCUT2D eigenvalue weighted by atomic mass is 16.5. The van der Waals surface area contributed by atoms with Crippen molar-refractivity contribution in [3.63, 3.8) is 0 Å². The lowest BCUT2D eigenvalue weighted by atomic mass is 10.1. The molecule has 4 rings (SSSR count). The van der Waals surface area contributed by atoms with E-state index in [4.69, 9.17) is 4.52 Å². The number of hydrogen-bond donors (Lipinski definition) is 1. The summed E-state index contributed by atoms with van der Waals surface area (Å²) in [6, 6.07) is 21.3. The first-order chi connectivity index (χ1) is 14.2. The second-order valence-electron chi connectivity index (χ2n) is 7.30. The lowest BCUT2D eigenvalue weighted by molar-refractivity contribution is -0.127. The van der Waals surface area contributed by atoms with Crippen molar-refractivity contribution in [1.29, 1.82) is 0 Å². The van der Waals surface area contributed by atoms with Crippen LogP contribution in [0.2, 0.25) is 0 Å².